The number of amides is 2. The van der Waals surface area contributed by atoms with Crippen LogP contribution in [0.25, 0.3) is 0 Å². The van der Waals surface area contributed by atoms with Crippen LogP contribution in [0, 0.1) is 5.82 Å². The van der Waals surface area contributed by atoms with E-state index in [0.29, 0.717) is 10.6 Å². The molecule has 0 aliphatic heterocycles. The highest BCUT2D eigenvalue weighted by Crippen LogP contribution is 2.04. The SMILES string of the molecule is O=C(Cn1ccsc1=NC(=O)c1ccc(F)cc1)NCc1ccco1. The highest BCUT2D eigenvalue weighted by Gasteiger charge is 2.08. The number of carbonyl (C=O) groups is 2. The lowest BCUT2D eigenvalue weighted by molar-refractivity contribution is -0.121. The molecule has 0 fully saturated rings. The smallest absolute Gasteiger partial charge is 0.279 e. The summed E-state index contributed by atoms with van der Waals surface area (Å²) in [5.74, 6) is -0.492. The van der Waals surface area contributed by atoms with Crippen molar-refractivity contribution in [3.63, 3.8) is 0 Å². The molecule has 128 valence electrons. The standard InChI is InChI=1S/C17H14FN3O3S/c18-13-5-3-12(4-6-13)16(23)20-17-21(7-9-25-17)11-15(22)19-10-14-2-1-8-24-14/h1-9H,10-11H2,(H,19,22). The molecule has 25 heavy (non-hydrogen) atoms. The molecule has 0 aliphatic carbocycles. The fourth-order valence-electron chi connectivity index (χ4n) is 2.06. The van der Waals surface area contributed by atoms with Gasteiger partial charge in [0.1, 0.15) is 18.1 Å². The van der Waals surface area contributed by atoms with Crippen LogP contribution >= 0.6 is 11.3 Å². The summed E-state index contributed by atoms with van der Waals surface area (Å²) in [6, 6.07) is 8.65. The van der Waals surface area contributed by atoms with Gasteiger partial charge < -0.3 is 14.3 Å². The number of nitrogens with one attached hydrogen (secondary N) is 1. The number of benzene rings is 1. The number of hydrogen-bond donors (Lipinski definition) is 1. The van der Waals surface area contributed by atoms with Crippen molar-refractivity contribution in [2.45, 2.75) is 13.1 Å². The van der Waals surface area contributed by atoms with Crippen LogP contribution in [0.4, 0.5) is 4.39 Å². The van der Waals surface area contributed by atoms with Crippen molar-refractivity contribution < 1.29 is 18.4 Å². The van der Waals surface area contributed by atoms with Crippen molar-refractivity contribution in [1.82, 2.24) is 9.88 Å². The number of nitrogens with zero attached hydrogens (tertiary/aromatic N) is 2. The van der Waals surface area contributed by atoms with Gasteiger partial charge in [-0.15, -0.1) is 11.3 Å². The normalized spacial score (nSPS) is 11.5. The van der Waals surface area contributed by atoms with Gasteiger partial charge in [-0.2, -0.15) is 4.99 Å². The van der Waals surface area contributed by atoms with Crippen molar-refractivity contribution in [1.29, 1.82) is 0 Å². The topological polar surface area (TPSA) is 76.6 Å². The molecular weight excluding hydrogens is 345 g/mol. The van der Waals surface area contributed by atoms with E-state index in [4.69, 9.17) is 4.42 Å². The van der Waals surface area contributed by atoms with Crippen LogP contribution < -0.4 is 10.1 Å². The summed E-state index contributed by atoms with van der Waals surface area (Å²) in [4.78, 5) is 28.5. The minimum Gasteiger partial charge on any atom is -0.467 e. The molecule has 2 aromatic heterocycles. The lowest BCUT2D eigenvalue weighted by atomic mass is 10.2. The molecule has 0 radical (unpaired) electrons. The molecule has 0 bridgehead atoms. The lowest BCUT2D eigenvalue weighted by Gasteiger charge is -2.04. The third kappa shape index (κ3) is 4.51. The summed E-state index contributed by atoms with van der Waals surface area (Å²) in [7, 11) is 0. The summed E-state index contributed by atoms with van der Waals surface area (Å²) in [5, 5.41) is 4.46. The van der Waals surface area contributed by atoms with E-state index in [1.165, 1.54) is 41.9 Å². The Hall–Kier alpha value is -3.00. The first-order valence-corrected chi connectivity index (χ1v) is 8.27. The van der Waals surface area contributed by atoms with Gasteiger partial charge in [0.15, 0.2) is 4.80 Å². The highest BCUT2D eigenvalue weighted by molar-refractivity contribution is 7.07. The predicted octanol–water partition coefficient (Wildman–Crippen LogP) is 2.34. The van der Waals surface area contributed by atoms with Crippen molar-refractivity contribution in [2.24, 2.45) is 4.99 Å². The van der Waals surface area contributed by atoms with Gasteiger partial charge in [0.05, 0.1) is 12.8 Å². The predicted molar refractivity (Wildman–Crippen MR) is 89.2 cm³/mol. The van der Waals surface area contributed by atoms with Crippen molar-refractivity contribution in [2.75, 3.05) is 0 Å². The molecule has 6 nitrogen and oxygen atoms in total. The van der Waals surface area contributed by atoms with Gasteiger partial charge >= 0.3 is 0 Å². The first-order valence-electron chi connectivity index (χ1n) is 7.39. The maximum absolute atomic E-state index is 12.9. The molecule has 0 saturated heterocycles. The van der Waals surface area contributed by atoms with E-state index in [1.807, 2.05) is 0 Å². The minimum atomic E-state index is -0.493. The van der Waals surface area contributed by atoms with E-state index in [2.05, 4.69) is 10.3 Å². The van der Waals surface area contributed by atoms with E-state index >= 15 is 0 Å². The summed E-state index contributed by atoms with van der Waals surface area (Å²) in [6.07, 6.45) is 3.21. The zero-order valence-electron chi connectivity index (χ0n) is 13.0. The van der Waals surface area contributed by atoms with E-state index in [-0.39, 0.29) is 24.6 Å². The maximum Gasteiger partial charge on any atom is 0.279 e. The van der Waals surface area contributed by atoms with Gasteiger partial charge in [-0.05, 0) is 36.4 Å². The quantitative estimate of drug-likeness (QED) is 0.760. The lowest BCUT2D eigenvalue weighted by Crippen LogP contribution is -2.30. The molecular formula is C17H14FN3O3S. The monoisotopic (exact) mass is 359 g/mol. The fraction of sp³-hybridized carbons (Fsp3) is 0.118. The molecule has 3 rings (SSSR count). The first-order chi connectivity index (χ1) is 12.1. The second-order valence-electron chi connectivity index (χ2n) is 5.09. The molecule has 1 aromatic carbocycles. The third-order valence-electron chi connectivity index (χ3n) is 3.30. The second kappa shape index (κ2) is 7.71. The number of rotatable bonds is 5. The van der Waals surface area contributed by atoms with Crippen LogP contribution in [0.1, 0.15) is 16.1 Å². The van der Waals surface area contributed by atoms with Gasteiger partial charge in [-0.1, -0.05) is 0 Å². The van der Waals surface area contributed by atoms with Gasteiger partial charge in [0.25, 0.3) is 5.91 Å². The first kappa shape index (κ1) is 16.8. The van der Waals surface area contributed by atoms with E-state index in [0.717, 1.165) is 0 Å². The zero-order chi connectivity index (χ0) is 17.6. The molecule has 2 amide bonds. The molecule has 0 saturated carbocycles. The average molecular weight is 359 g/mol. The number of aromatic nitrogens is 1. The Kier molecular flexibility index (Phi) is 5.20. The van der Waals surface area contributed by atoms with Crippen LogP contribution in [-0.4, -0.2) is 16.4 Å². The van der Waals surface area contributed by atoms with Gasteiger partial charge in [0, 0.05) is 17.1 Å². The number of hydrogen-bond acceptors (Lipinski definition) is 4. The highest BCUT2D eigenvalue weighted by atomic mass is 32.1. The molecule has 1 N–H and O–H groups in total. The Labute approximate surface area is 146 Å². The van der Waals surface area contributed by atoms with Crippen LogP contribution in [0.3, 0.4) is 0 Å². The van der Waals surface area contributed by atoms with Crippen LogP contribution in [0.5, 0.6) is 0 Å². The number of carbonyl (C=O) groups excluding carboxylic acids is 2. The molecule has 3 aromatic rings. The van der Waals surface area contributed by atoms with Gasteiger partial charge in [0.2, 0.25) is 5.91 Å². The summed E-state index contributed by atoms with van der Waals surface area (Å²) in [6.45, 7) is 0.317. The second-order valence-corrected chi connectivity index (χ2v) is 5.97. The molecule has 2 heterocycles. The van der Waals surface area contributed by atoms with Crippen molar-refractivity contribution >= 4 is 23.2 Å². The Morgan fingerprint density at radius 1 is 1.24 bits per heavy atom. The molecule has 0 atom stereocenters. The Balaban J connectivity index is 1.68. The Morgan fingerprint density at radius 3 is 2.76 bits per heavy atom. The summed E-state index contributed by atoms with van der Waals surface area (Å²) < 4.78 is 19.6. The number of furan rings is 1. The molecule has 0 aliphatic rings. The maximum atomic E-state index is 12.9. The van der Waals surface area contributed by atoms with Crippen molar-refractivity contribution in [3.8, 4) is 0 Å². The number of halogens is 1. The van der Waals surface area contributed by atoms with Crippen LogP contribution in [0.15, 0.2) is 63.6 Å². The number of thiazole rings is 1. The molecule has 0 unspecified atom stereocenters. The van der Waals surface area contributed by atoms with Crippen molar-refractivity contribution in [3.05, 3.63) is 76.2 Å². The Morgan fingerprint density at radius 2 is 2.04 bits per heavy atom. The van der Waals surface area contributed by atoms with E-state index < -0.39 is 11.7 Å². The molecule has 8 heteroatoms. The van der Waals surface area contributed by atoms with E-state index in [9.17, 15) is 14.0 Å². The minimum absolute atomic E-state index is 0.0275. The largest absolute Gasteiger partial charge is 0.467 e. The third-order valence-corrected chi connectivity index (χ3v) is 4.10. The fourth-order valence-corrected chi connectivity index (χ4v) is 2.79. The summed E-state index contributed by atoms with van der Waals surface area (Å²) >= 11 is 1.24. The van der Waals surface area contributed by atoms with Gasteiger partial charge in [-0.25, -0.2) is 4.39 Å². The van der Waals surface area contributed by atoms with Gasteiger partial charge in [-0.3, -0.25) is 9.59 Å². The Bertz CT molecular complexity index is 927. The summed E-state index contributed by atoms with van der Waals surface area (Å²) in [5.41, 5.74) is 0.281. The average Bonchev–Trinajstić information content (AvgIpc) is 3.26. The van der Waals surface area contributed by atoms with E-state index in [1.54, 1.807) is 28.3 Å². The zero-order valence-corrected chi connectivity index (χ0v) is 13.8. The van der Waals surface area contributed by atoms with Crippen LogP contribution in [0.2, 0.25) is 0 Å². The van der Waals surface area contributed by atoms with Crippen LogP contribution in [-0.2, 0) is 17.9 Å². The molecule has 0 spiro atoms.